The molecule has 0 bridgehead atoms. The lowest BCUT2D eigenvalue weighted by atomic mass is 9.96. The zero-order chi connectivity index (χ0) is 62.9. The van der Waals surface area contributed by atoms with Gasteiger partial charge < -0.3 is 13.7 Å². The largest absolute Gasteiger partial charge is 0.307 e. The van der Waals surface area contributed by atoms with Gasteiger partial charge in [0.1, 0.15) is 0 Å². The minimum absolute atomic E-state index is 0.539. The Morgan fingerprint density at radius 1 is 0.232 bits per heavy atom. The third-order valence-electron chi connectivity index (χ3n) is 19.1. The van der Waals surface area contributed by atoms with Crippen molar-refractivity contribution in [3.05, 3.63) is 351 Å². The molecular formula is C90H57N5. The van der Waals surface area contributed by atoms with Crippen molar-refractivity contribution < 1.29 is 0 Å². The molecule has 95 heavy (non-hydrogen) atoms. The van der Waals surface area contributed by atoms with Gasteiger partial charge in [0.2, 0.25) is 0 Å². The standard InChI is InChI=1S/C90H57N5/c91-58-73-49-65(34-41-74(73)81-33-19-20-48-92-81)72-56-88(93-82-42-35-66(59-21-7-1-8-22-59)50-75(82)76-51-67(36-43-83(76)93)60-23-9-2-10-24-60)90(95-86-46-39-70(63-29-15-5-16-30-63)54-79(86)80-55-71(40-47-87(80)95)64-31-17-6-18-32-64)89(57-72)94-84-44-37-68(61-25-11-3-12-26-61)52-77(84)78-53-69(38-45-85(78)94)62-27-13-4-14-28-62/h1-57H. The minimum atomic E-state index is 0.539. The summed E-state index contributed by atoms with van der Waals surface area (Å²) in [4.78, 5) is 4.75. The Morgan fingerprint density at radius 2 is 0.505 bits per heavy atom. The van der Waals surface area contributed by atoms with Crippen LogP contribution in [0.25, 0.3) is 172 Å². The van der Waals surface area contributed by atoms with Gasteiger partial charge in [-0.3, -0.25) is 4.98 Å². The maximum atomic E-state index is 11.2. The number of nitrogens with zero attached hydrogens (tertiary/aromatic N) is 5. The molecule has 0 aliphatic heterocycles. The molecule has 0 saturated carbocycles. The number of hydrogen-bond donors (Lipinski definition) is 0. The van der Waals surface area contributed by atoms with Gasteiger partial charge >= 0.3 is 0 Å². The summed E-state index contributed by atoms with van der Waals surface area (Å²) in [6.45, 7) is 0. The first-order valence-corrected chi connectivity index (χ1v) is 32.3. The molecule has 0 N–H and O–H groups in total. The smallest absolute Gasteiger partial charge is 0.0998 e. The van der Waals surface area contributed by atoms with Crippen LogP contribution >= 0.6 is 0 Å². The second kappa shape index (κ2) is 22.8. The lowest BCUT2D eigenvalue weighted by Crippen LogP contribution is -2.10. The van der Waals surface area contributed by atoms with Crippen LogP contribution in [0.5, 0.6) is 0 Å². The molecule has 0 unspecified atom stereocenters. The van der Waals surface area contributed by atoms with Gasteiger partial charge in [0, 0.05) is 44.1 Å². The number of pyridine rings is 1. The number of benzene rings is 14. The van der Waals surface area contributed by atoms with Crippen molar-refractivity contribution in [1.29, 1.82) is 5.26 Å². The molecule has 4 heterocycles. The Labute approximate surface area is 549 Å². The molecule has 0 spiro atoms. The summed E-state index contributed by atoms with van der Waals surface area (Å²) in [6.07, 6.45) is 1.79. The molecule has 0 aliphatic rings. The normalized spacial score (nSPS) is 11.6. The molecule has 0 saturated heterocycles. The van der Waals surface area contributed by atoms with Crippen molar-refractivity contribution in [3.63, 3.8) is 0 Å². The molecule has 5 heteroatoms. The van der Waals surface area contributed by atoms with E-state index in [0.29, 0.717) is 5.56 Å². The van der Waals surface area contributed by atoms with Crippen molar-refractivity contribution in [1.82, 2.24) is 18.7 Å². The van der Waals surface area contributed by atoms with Crippen molar-refractivity contribution in [2.45, 2.75) is 0 Å². The van der Waals surface area contributed by atoms with E-state index in [2.05, 4.69) is 341 Å². The van der Waals surface area contributed by atoms with Crippen LogP contribution in [0.15, 0.2) is 346 Å². The van der Waals surface area contributed by atoms with Crippen LogP contribution < -0.4 is 0 Å². The summed E-state index contributed by atoms with van der Waals surface area (Å²) in [5, 5.41) is 18.0. The summed E-state index contributed by atoms with van der Waals surface area (Å²) in [5.41, 5.74) is 26.8. The molecule has 5 nitrogen and oxygen atoms in total. The molecule has 442 valence electrons. The summed E-state index contributed by atoms with van der Waals surface area (Å²) < 4.78 is 7.59. The molecule has 0 atom stereocenters. The zero-order valence-corrected chi connectivity index (χ0v) is 51.6. The lowest BCUT2D eigenvalue weighted by Gasteiger charge is -2.24. The van der Waals surface area contributed by atoms with Gasteiger partial charge in [-0.25, -0.2) is 0 Å². The highest BCUT2D eigenvalue weighted by Crippen LogP contribution is 2.48. The monoisotopic (exact) mass is 1210 g/mol. The first kappa shape index (κ1) is 55.0. The highest BCUT2D eigenvalue weighted by molar-refractivity contribution is 6.16. The summed E-state index contributed by atoms with van der Waals surface area (Å²) in [6, 6.07) is 126. The van der Waals surface area contributed by atoms with E-state index >= 15 is 0 Å². The number of nitriles is 1. The molecule has 18 rings (SSSR count). The molecule has 0 fully saturated rings. The summed E-state index contributed by atoms with van der Waals surface area (Å²) in [5.74, 6) is 0. The quantitative estimate of drug-likeness (QED) is 0.130. The SMILES string of the molecule is N#Cc1cc(-c2cc(-n3c4ccc(-c5ccccc5)cc4c4cc(-c5ccccc5)ccc43)c(-n3c4ccc(-c5ccccc5)cc4c4cc(-c5ccccc5)ccc43)c(-n3c4ccc(-c5ccccc5)cc4c4cc(-c5ccccc5)ccc43)c2)ccc1-c1ccccn1. The van der Waals surface area contributed by atoms with E-state index < -0.39 is 0 Å². The second-order valence-corrected chi connectivity index (χ2v) is 24.5. The van der Waals surface area contributed by atoms with Crippen LogP contribution in [0.3, 0.4) is 0 Å². The van der Waals surface area contributed by atoms with Gasteiger partial charge in [0.05, 0.1) is 67.5 Å². The Morgan fingerprint density at radius 3 is 0.789 bits per heavy atom. The average molecular weight is 1210 g/mol. The van der Waals surface area contributed by atoms with Crippen LogP contribution in [-0.2, 0) is 0 Å². The van der Waals surface area contributed by atoms with E-state index in [9.17, 15) is 5.26 Å². The number of aromatic nitrogens is 4. The van der Waals surface area contributed by atoms with Gasteiger partial charge in [-0.15, -0.1) is 0 Å². The highest BCUT2D eigenvalue weighted by atomic mass is 15.1. The Balaban J connectivity index is 1.04. The fraction of sp³-hybridized carbons (Fsp3) is 0. The van der Waals surface area contributed by atoms with E-state index in [1.165, 1.54) is 0 Å². The average Bonchev–Trinajstić information content (AvgIpc) is 1.57. The molecule has 18 aromatic rings. The van der Waals surface area contributed by atoms with Crippen LogP contribution in [0.4, 0.5) is 0 Å². The second-order valence-electron chi connectivity index (χ2n) is 24.5. The van der Waals surface area contributed by atoms with E-state index in [1.54, 1.807) is 6.20 Å². The molecule has 4 aromatic heterocycles. The molecule has 0 aliphatic carbocycles. The van der Waals surface area contributed by atoms with Crippen LogP contribution in [0.1, 0.15) is 5.56 Å². The first-order valence-electron chi connectivity index (χ1n) is 32.3. The topological polar surface area (TPSA) is 51.5 Å². The van der Waals surface area contributed by atoms with Crippen LogP contribution in [0.2, 0.25) is 0 Å². The fourth-order valence-corrected chi connectivity index (χ4v) is 14.6. The first-order chi connectivity index (χ1) is 47.1. The number of rotatable bonds is 11. The summed E-state index contributed by atoms with van der Waals surface area (Å²) in [7, 11) is 0. The Bertz CT molecular complexity index is 5530. The van der Waals surface area contributed by atoms with Gasteiger partial charge in [0.25, 0.3) is 0 Å². The third kappa shape index (κ3) is 9.42. The molecular weight excluding hydrogens is 1150 g/mol. The predicted octanol–water partition coefficient (Wildman–Crippen LogP) is 23.6. The highest BCUT2D eigenvalue weighted by Gasteiger charge is 2.28. The van der Waals surface area contributed by atoms with Crippen molar-refractivity contribution in [2.75, 3.05) is 0 Å². The van der Waals surface area contributed by atoms with Crippen molar-refractivity contribution in [3.8, 4) is 112 Å². The van der Waals surface area contributed by atoms with E-state index in [-0.39, 0.29) is 0 Å². The third-order valence-corrected chi connectivity index (χ3v) is 19.1. The molecule has 0 radical (unpaired) electrons. The lowest BCUT2D eigenvalue weighted by molar-refractivity contribution is 1.05. The van der Waals surface area contributed by atoms with E-state index in [0.717, 1.165) is 172 Å². The maximum absolute atomic E-state index is 11.2. The number of hydrogen-bond acceptors (Lipinski definition) is 2. The van der Waals surface area contributed by atoms with E-state index in [4.69, 9.17) is 4.98 Å². The van der Waals surface area contributed by atoms with Gasteiger partial charge in [-0.2, -0.15) is 5.26 Å². The van der Waals surface area contributed by atoms with E-state index in [1.807, 2.05) is 18.2 Å². The van der Waals surface area contributed by atoms with Crippen LogP contribution in [-0.4, -0.2) is 18.7 Å². The molecule has 14 aromatic carbocycles. The van der Waals surface area contributed by atoms with Gasteiger partial charge in [-0.1, -0.05) is 237 Å². The Kier molecular flexibility index (Phi) is 13.2. The predicted molar refractivity (Wildman–Crippen MR) is 395 cm³/mol. The van der Waals surface area contributed by atoms with Gasteiger partial charge in [0.15, 0.2) is 0 Å². The molecule has 0 amide bonds. The maximum Gasteiger partial charge on any atom is 0.0998 e. The van der Waals surface area contributed by atoms with Crippen LogP contribution in [0, 0.1) is 11.3 Å². The van der Waals surface area contributed by atoms with Crippen molar-refractivity contribution in [2.24, 2.45) is 0 Å². The minimum Gasteiger partial charge on any atom is -0.307 e. The fourth-order valence-electron chi connectivity index (χ4n) is 14.6. The van der Waals surface area contributed by atoms with Crippen molar-refractivity contribution >= 4 is 65.4 Å². The Hall–Kier alpha value is -12.9. The number of fused-ring (bicyclic) bond motifs is 9. The zero-order valence-electron chi connectivity index (χ0n) is 51.6. The summed E-state index contributed by atoms with van der Waals surface area (Å²) >= 11 is 0. The van der Waals surface area contributed by atoms with Gasteiger partial charge in [-0.05, 0) is 181 Å².